The van der Waals surface area contributed by atoms with Gasteiger partial charge in [0.15, 0.2) is 0 Å². The van der Waals surface area contributed by atoms with Crippen molar-refractivity contribution < 1.29 is 9.47 Å². The maximum Gasteiger partial charge on any atom is 0.122 e. The van der Waals surface area contributed by atoms with Crippen LogP contribution < -0.4 is 9.47 Å². The lowest BCUT2D eigenvalue weighted by Gasteiger charge is -2.09. The summed E-state index contributed by atoms with van der Waals surface area (Å²) in [6.07, 6.45) is 0.787. The van der Waals surface area contributed by atoms with E-state index in [1.54, 1.807) is 14.2 Å². The number of ether oxygens (including phenoxy) is 2. The molecule has 3 aromatic rings. The molecule has 0 aliphatic rings. The Balaban J connectivity index is 1.97. The van der Waals surface area contributed by atoms with Gasteiger partial charge in [-0.3, -0.25) is 0 Å². The van der Waals surface area contributed by atoms with Crippen LogP contribution in [0.3, 0.4) is 0 Å². The molecule has 1 aromatic heterocycles. The zero-order valence-corrected chi connectivity index (χ0v) is 11.6. The smallest absolute Gasteiger partial charge is 0.122 e. The van der Waals surface area contributed by atoms with Crippen molar-refractivity contribution in [3.63, 3.8) is 0 Å². The third-order valence-electron chi connectivity index (χ3n) is 3.45. The number of aromatic amines is 1. The monoisotopic (exact) mass is 267 g/mol. The maximum absolute atomic E-state index is 5.42. The van der Waals surface area contributed by atoms with E-state index in [2.05, 4.69) is 23.2 Å². The van der Waals surface area contributed by atoms with Crippen molar-refractivity contribution in [2.45, 2.75) is 6.42 Å². The number of hydrogen-bond acceptors (Lipinski definition) is 2. The molecule has 3 nitrogen and oxygen atoms in total. The van der Waals surface area contributed by atoms with Crippen LogP contribution in [0.25, 0.3) is 10.9 Å². The fourth-order valence-electron chi connectivity index (χ4n) is 2.45. The highest BCUT2D eigenvalue weighted by Gasteiger charge is 2.08. The molecule has 0 saturated heterocycles. The average molecular weight is 267 g/mol. The van der Waals surface area contributed by atoms with Gasteiger partial charge in [0.25, 0.3) is 0 Å². The molecule has 1 N–H and O–H groups in total. The summed E-state index contributed by atoms with van der Waals surface area (Å²) in [5, 5.41) is 1.23. The zero-order chi connectivity index (χ0) is 13.9. The third-order valence-corrected chi connectivity index (χ3v) is 3.45. The minimum atomic E-state index is 0.787. The second-order valence-electron chi connectivity index (χ2n) is 4.74. The topological polar surface area (TPSA) is 34.2 Å². The fraction of sp³-hybridized carbons (Fsp3) is 0.176. The molecule has 0 atom stereocenters. The first kappa shape index (κ1) is 12.6. The zero-order valence-electron chi connectivity index (χ0n) is 11.6. The van der Waals surface area contributed by atoms with Crippen molar-refractivity contribution in [1.29, 1.82) is 0 Å². The van der Waals surface area contributed by atoms with Gasteiger partial charge in [0.2, 0.25) is 0 Å². The SMILES string of the molecule is COc1ccc(OC)c(Cc2cc3ccccc3[nH]2)c1. The molecule has 0 amide bonds. The molecule has 3 rings (SSSR count). The molecule has 0 aliphatic carbocycles. The van der Waals surface area contributed by atoms with Gasteiger partial charge in [0.1, 0.15) is 11.5 Å². The Hall–Kier alpha value is -2.42. The summed E-state index contributed by atoms with van der Waals surface area (Å²) in [6.45, 7) is 0. The van der Waals surface area contributed by atoms with E-state index in [-0.39, 0.29) is 0 Å². The van der Waals surface area contributed by atoms with Gasteiger partial charge in [-0.25, -0.2) is 0 Å². The number of aromatic nitrogens is 1. The van der Waals surface area contributed by atoms with E-state index >= 15 is 0 Å². The van der Waals surface area contributed by atoms with Crippen molar-refractivity contribution in [3.8, 4) is 11.5 Å². The number of methoxy groups -OCH3 is 2. The van der Waals surface area contributed by atoms with Crippen LogP contribution in [-0.2, 0) is 6.42 Å². The van der Waals surface area contributed by atoms with Gasteiger partial charge in [-0.05, 0) is 35.7 Å². The summed E-state index contributed by atoms with van der Waals surface area (Å²) < 4.78 is 10.7. The molecule has 1 heterocycles. The lowest BCUT2D eigenvalue weighted by atomic mass is 10.1. The Bertz CT molecular complexity index is 698. The molecule has 0 bridgehead atoms. The molecule has 20 heavy (non-hydrogen) atoms. The van der Waals surface area contributed by atoms with Crippen LogP contribution in [0.5, 0.6) is 11.5 Å². The molecule has 102 valence electrons. The Morgan fingerprint density at radius 1 is 0.950 bits per heavy atom. The molecule has 0 unspecified atom stereocenters. The highest BCUT2D eigenvalue weighted by molar-refractivity contribution is 5.80. The molecule has 3 heteroatoms. The van der Waals surface area contributed by atoms with Crippen LogP contribution in [0.1, 0.15) is 11.3 Å². The first-order chi connectivity index (χ1) is 9.80. The predicted octanol–water partition coefficient (Wildman–Crippen LogP) is 3.78. The molecular formula is C17H17NO2. The van der Waals surface area contributed by atoms with E-state index in [9.17, 15) is 0 Å². The van der Waals surface area contributed by atoms with E-state index < -0.39 is 0 Å². The molecule has 0 spiro atoms. The quantitative estimate of drug-likeness (QED) is 0.780. The Labute approximate surface area is 118 Å². The number of H-pyrrole nitrogens is 1. The normalized spacial score (nSPS) is 10.7. The number of nitrogens with one attached hydrogen (secondary N) is 1. The minimum Gasteiger partial charge on any atom is -0.497 e. The van der Waals surface area contributed by atoms with Gasteiger partial charge >= 0.3 is 0 Å². The van der Waals surface area contributed by atoms with Crippen LogP contribution in [0.4, 0.5) is 0 Å². The minimum absolute atomic E-state index is 0.787. The molecule has 2 aromatic carbocycles. The largest absolute Gasteiger partial charge is 0.497 e. The number of benzene rings is 2. The summed E-state index contributed by atoms with van der Waals surface area (Å²) in [4.78, 5) is 3.44. The Kier molecular flexibility index (Phi) is 3.33. The number of para-hydroxylation sites is 1. The molecular weight excluding hydrogens is 250 g/mol. The van der Waals surface area contributed by atoms with Crippen LogP contribution in [0, 0.1) is 0 Å². The van der Waals surface area contributed by atoms with E-state index in [0.717, 1.165) is 34.7 Å². The van der Waals surface area contributed by atoms with E-state index in [0.29, 0.717) is 0 Å². The highest BCUT2D eigenvalue weighted by atomic mass is 16.5. The van der Waals surface area contributed by atoms with Crippen molar-refractivity contribution in [1.82, 2.24) is 4.98 Å². The second-order valence-corrected chi connectivity index (χ2v) is 4.74. The van der Waals surface area contributed by atoms with Gasteiger partial charge in [-0.15, -0.1) is 0 Å². The number of hydrogen-bond donors (Lipinski definition) is 1. The molecule has 0 aliphatic heterocycles. The van der Waals surface area contributed by atoms with Gasteiger partial charge in [-0.2, -0.15) is 0 Å². The lowest BCUT2D eigenvalue weighted by molar-refractivity contribution is 0.399. The van der Waals surface area contributed by atoms with E-state index in [1.807, 2.05) is 30.3 Å². The van der Waals surface area contributed by atoms with Crippen LogP contribution in [-0.4, -0.2) is 19.2 Å². The lowest BCUT2D eigenvalue weighted by Crippen LogP contribution is -1.95. The maximum atomic E-state index is 5.42. The predicted molar refractivity (Wildman–Crippen MR) is 80.7 cm³/mol. The number of rotatable bonds is 4. The average Bonchev–Trinajstić information content (AvgIpc) is 2.89. The van der Waals surface area contributed by atoms with Gasteiger partial charge < -0.3 is 14.5 Å². The second kappa shape index (κ2) is 5.29. The molecule has 0 radical (unpaired) electrons. The number of fused-ring (bicyclic) bond motifs is 1. The molecule has 0 fully saturated rings. The van der Waals surface area contributed by atoms with Crippen LogP contribution in [0.15, 0.2) is 48.5 Å². The van der Waals surface area contributed by atoms with Crippen molar-refractivity contribution in [2.75, 3.05) is 14.2 Å². The molecule has 0 saturated carbocycles. The van der Waals surface area contributed by atoms with Gasteiger partial charge in [0.05, 0.1) is 14.2 Å². The summed E-state index contributed by atoms with van der Waals surface area (Å²) in [7, 11) is 3.37. The highest BCUT2D eigenvalue weighted by Crippen LogP contribution is 2.27. The standard InChI is InChI=1S/C17H17NO2/c1-19-15-7-8-17(20-2)13(11-15)10-14-9-12-5-3-4-6-16(12)18-14/h3-9,11,18H,10H2,1-2H3. The third kappa shape index (κ3) is 2.35. The van der Waals surface area contributed by atoms with Crippen LogP contribution >= 0.6 is 0 Å². The summed E-state index contributed by atoms with van der Waals surface area (Å²) in [6, 6.07) is 16.3. The van der Waals surface area contributed by atoms with Crippen molar-refractivity contribution in [2.24, 2.45) is 0 Å². The first-order valence-electron chi connectivity index (χ1n) is 6.57. The fourth-order valence-corrected chi connectivity index (χ4v) is 2.45. The summed E-state index contributed by atoms with van der Waals surface area (Å²) >= 11 is 0. The first-order valence-corrected chi connectivity index (χ1v) is 6.57. The van der Waals surface area contributed by atoms with Crippen molar-refractivity contribution >= 4 is 10.9 Å². The van der Waals surface area contributed by atoms with Crippen LogP contribution in [0.2, 0.25) is 0 Å². The Morgan fingerprint density at radius 2 is 1.80 bits per heavy atom. The van der Waals surface area contributed by atoms with Gasteiger partial charge in [-0.1, -0.05) is 18.2 Å². The summed E-state index contributed by atoms with van der Waals surface area (Å²) in [5.74, 6) is 1.72. The Morgan fingerprint density at radius 3 is 2.55 bits per heavy atom. The van der Waals surface area contributed by atoms with Crippen molar-refractivity contribution in [3.05, 3.63) is 59.8 Å². The summed E-state index contributed by atoms with van der Waals surface area (Å²) in [5.41, 5.74) is 3.43. The van der Waals surface area contributed by atoms with E-state index in [4.69, 9.17) is 9.47 Å². The van der Waals surface area contributed by atoms with Gasteiger partial charge in [0, 0.05) is 23.2 Å². The van der Waals surface area contributed by atoms with E-state index in [1.165, 1.54) is 5.39 Å².